The number of nitriles is 1. The number of hydrogen-bond donors (Lipinski definition) is 6. The zero-order valence-corrected chi connectivity index (χ0v) is 34.5. The molecule has 0 bridgehead atoms. The Morgan fingerprint density at radius 2 is 1.49 bits per heavy atom. The minimum atomic E-state index is -1.10. The van der Waals surface area contributed by atoms with Gasteiger partial charge in [-0.1, -0.05) is 60.1 Å². The Morgan fingerprint density at radius 1 is 0.803 bits per heavy atom. The molecule has 4 aromatic carbocycles. The SMILES string of the molecule is Cc1c(COc2cc(OCc3cncc(C#N)c3)c(CNC[C@@H](O)CC(=O)O)cc2Cl)cccc1-c1cccc(-c2ccc3c(CCNC[C@@H](O)CC(=O)O)coc3c2)c1C. The fourth-order valence-electron chi connectivity index (χ4n) is 7.13. The van der Waals surface area contributed by atoms with Crippen LogP contribution in [-0.4, -0.2) is 69.2 Å². The molecular weight excluding hydrogens is 800 g/mol. The first-order chi connectivity index (χ1) is 29.4. The number of nitrogens with zero attached hydrogens (tertiary/aromatic N) is 2. The maximum Gasteiger partial charge on any atom is 0.306 e. The summed E-state index contributed by atoms with van der Waals surface area (Å²) in [7, 11) is 0. The lowest BCUT2D eigenvalue weighted by atomic mass is 9.89. The summed E-state index contributed by atoms with van der Waals surface area (Å²) in [5.74, 6) is -1.29. The van der Waals surface area contributed by atoms with Gasteiger partial charge in [-0.3, -0.25) is 14.6 Å². The van der Waals surface area contributed by atoms with E-state index in [9.17, 15) is 25.1 Å². The van der Waals surface area contributed by atoms with Gasteiger partial charge in [-0.05, 0) is 89.5 Å². The maximum absolute atomic E-state index is 11.0. The largest absolute Gasteiger partial charge is 0.488 e. The van der Waals surface area contributed by atoms with Crippen LogP contribution >= 0.6 is 11.6 Å². The van der Waals surface area contributed by atoms with Gasteiger partial charge in [-0.25, -0.2) is 0 Å². The second-order valence-electron chi connectivity index (χ2n) is 14.8. The summed E-state index contributed by atoms with van der Waals surface area (Å²) in [4.78, 5) is 25.9. The smallest absolute Gasteiger partial charge is 0.306 e. The van der Waals surface area contributed by atoms with Gasteiger partial charge in [0.1, 0.15) is 36.4 Å². The molecule has 0 aliphatic heterocycles. The Hall–Kier alpha value is -6.27. The van der Waals surface area contributed by atoms with Crippen LogP contribution in [0.4, 0.5) is 0 Å². The summed E-state index contributed by atoms with van der Waals surface area (Å²) >= 11 is 6.77. The van der Waals surface area contributed by atoms with E-state index in [0.29, 0.717) is 46.2 Å². The van der Waals surface area contributed by atoms with Crippen molar-refractivity contribution in [3.05, 3.63) is 135 Å². The number of nitrogens with one attached hydrogen (secondary N) is 2. The van der Waals surface area contributed by atoms with Crippen LogP contribution in [0.2, 0.25) is 5.02 Å². The van der Waals surface area contributed by atoms with Crippen LogP contribution in [0.5, 0.6) is 11.5 Å². The first-order valence-corrected chi connectivity index (χ1v) is 20.1. The van der Waals surface area contributed by atoms with Crippen molar-refractivity contribution in [2.75, 3.05) is 19.6 Å². The average Bonchev–Trinajstić information content (AvgIpc) is 3.64. The van der Waals surface area contributed by atoms with E-state index in [4.69, 9.17) is 35.7 Å². The predicted molar refractivity (Wildman–Crippen MR) is 230 cm³/mol. The number of aliphatic hydroxyl groups is 2. The van der Waals surface area contributed by atoms with Gasteiger partial charge >= 0.3 is 11.9 Å². The molecule has 61 heavy (non-hydrogen) atoms. The van der Waals surface area contributed by atoms with Crippen molar-refractivity contribution in [3.8, 4) is 39.8 Å². The van der Waals surface area contributed by atoms with Crippen molar-refractivity contribution in [1.82, 2.24) is 15.6 Å². The van der Waals surface area contributed by atoms with E-state index in [1.165, 1.54) is 6.20 Å². The molecule has 6 rings (SSSR count). The van der Waals surface area contributed by atoms with Gasteiger partial charge < -0.3 is 45.0 Å². The Labute approximate surface area is 358 Å². The number of fused-ring (bicyclic) bond motifs is 1. The Morgan fingerprint density at radius 3 is 2.23 bits per heavy atom. The third-order valence-electron chi connectivity index (χ3n) is 10.3. The number of carboxylic acids is 2. The summed E-state index contributed by atoms with van der Waals surface area (Å²) in [5.41, 5.74) is 10.8. The third-order valence-corrected chi connectivity index (χ3v) is 10.6. The number of aliphatic carboxylic acids is 2. The zero-order chi connectivity index (χ0) is 43.5. The quantitative estimate of drug-likeness (QED) is 0.0392. The highest BCUT2D eigenvalue weighted by Gasteiger charge is 2.18. The molecule has 0 fully saturated rings. The summed E-state index contributed by atoms with van der Waals surface area (Å²) < 4.78 is 18.5. The van der Waals surface area contributed by atoms with Crippen molar-refractivity contribution in [2.24, 2.45) is 0 Å². The predicted octanol–water partition coefficient (Wildman–Crippen LogP) is 7.35. The highest BCUT2D eigenvalue weighted by Crippen LogP contribution is 2.38. The Kier molecular flexibility index (Phi) is 15.1. The normalized spacial score (nSPS) is 12.2. The van der Waals surface area contributed by atoms with Gasteiger partial charge in [0.2, 0.25) is 0 Å². The van der Waals surface area contributed by atoms with Gasteiger partial charge in [0.05, 0.1) is 41.9 Å². The Balaban J connectivity index is 1.18. The second kappa shape index (κ2) is 20.8. The molecule has 316 valence electrons. The van der Waals surface area contributed by atoms with Gasteiger partial charge in [0.25, 0.3) is 0 Å². The van der Waals surface area contributed by atoms with E-state index in [2.05, 4.69) is 65.9 Å². The summed E-state index contributed by atoms with van der Waals surface area (Å²) in [6.07, 6.45) is 2.76. The number of pyridine rings is 1. The standard InChI is InChI=1S/C47H47ClN4O9/c1-28-33(26-61-45-18-43(59-25-31-13-30(19-49)20-51-21-31)35(14-42(45)48)22-52-24-37(54)17-47(57)58)5-3-7-39(28)40-8-4-6-38(29(40)2)32-9-10-41-34(27-60-44(41)15-32)11-12-50-23-36(53)16-46(55)56/h3-10,13-15,18,20-21,27,36-37,50,52-54H,11-12,16-17,22-26H2,1-2H3,(H,55,56)(H,57,58)/t36-,37-/m0/s1. The lowest BCUT2D eigenvalue weighted by Crippen LogP contribution is -2.30. The van der Waals surface area contributed by atoms with E-state index in [1.807, 2.05) is 24.3 Å². The van der Waals surface area contributed by atoms with Crippen molar-refractivity contribution < 1.29 is 43.9 Å². The number of carboxylic acid groups (broad SMARTS) is 2. The van der Waals surface area contributed by atoms with Crippen molar-refractivity contribution in [2.45, 2.75) is 65.1 Å². The molecule has 2 heterocycles. The topological polar surface area (TPSA) is 207 Å². The molecule has 0 aliphatic carbocycles. The van der Waals surface area contributed by atoms with Crippen LogP contribution < -0.4 is 20.1 Å². The molecule has 0 aliphatic rings. The van der Waals surface area contributed by atoms with E-state index in [1.54, 1.807) is 30.7 Å². The average molecular weight is 847 g/mol. The molecule has 0 spiro atoms. The number of carbonyl (C=O) groups is 2. The zero-order valence-electron chi connectivity index (χ0n) is 33.8. The maximum atomic E-state index is 11.0. The van der Waals surface area contributed by atoms with Crippen LogP contribution in [0, 0.1) is 25.2 Å². The van der Waals surface area contributed by atoms with E-state index >= 15 is 0 Å². The number of rotatable bonds is 21. The number of ether oxygens (including phenoxy) is 2. The van der Waals surface area contributed by atoms with Crippen molar-refractivity contribution in [3.63, 3.8) is 0 Å². The molecule has 0 saturated heterocycles. The fraction of sp³-hybridized carbons (Fsp3) is 0.277. The lowest BCUT2D eigenvalue weighted by Gasteiger charge is -2.18. The van der Waals surface area contributed by atoms with Gasteiger partial charge in [-0.15, -0.1) is 0 Å². The van der Waals surface area contributed by atoms with Crippen LogP contribution in [0.3, 0.4) is 0 Å². The van der Waals surface area contributed by atoms with Gasteiger partial charge in [0.15, 0.2) is 0 Å². The molecule has 13 nitrogen and oxygen atoms in total. The third kappa shape index (κ3) is 11.7. The first-order valence-electron chi connectivity index (χ1n) is 19.7. The van der Waals surface area contributed by atoms with E-state index < -0.39 is 30.6 Å². The number of halogens is 1. The molecule has 0 saturated carbocycles. The summed E-state index contributed by atoms with van der Waals surface area (Å²) in [6.45, 7) is 5.51. The fourth-order valence-corrected chi connectivity index (χ4v) is 7.37. The number of hydrogen-bond acceptors (Lipinski definition) is 11. The molecule has 6 aromatic rings. The number of benzene rings is 4. The van der Waals surface area contributed by atoms with Gasteiger partial charge in [0, 0.05) is 54.6 Å². The van der Waals surface area contributed by atoms with E-state index in [-0.39, 0.29) is 39.3 Å². The monoisotopic (exact) mass is 846 g/mol. The first kappa shape index (κ1) is 44.3. The minimum Gasteiger partial charge on any atom is -0.488 e. The minimum absolute atomic E-state index is 0.0420. The lowest BCUT2D eigenvalue weighted by molar-refractivity contribution is -0.140. The molecular formula is C47H47ClN4O9. The van der Waals surface area contributed by atoms with Crippen LogP contribution in [0.1, 0.15) is 51.8 Å². The van der Waals surface area contributed by atoms with E-state index in [0.717, 1.165) is 55.5 Å². The number of aromatic nitrogens is 1. The second-order valence-corrected chi connectivity index (χ2v) is 15.2. The number of furan rings is 1. The molecule has 0 amide bonds. The molecule has 14 heteroatoms. The summed E-state index contributed by atoms with van der Waals surface area (Å²) in [6, 6.07) is 25.7. The molecule has 2 atom stereocenters. The summed E-state index contributed by atoms with van der Waals surface area (Å²) in [5, 5.41) is 54.6. The van der Waals surface area contributed by atoms with Crippen molar-refractivity contribution in [1.29, 1.82) is 5.26 Å². The van der Waals surface area contributed by atoms with Crippen LogP contribution in [0.25, 0.3) is 33.2 Å². The molecule has 2 aromatic heterocycles. The number of aliphatic hydroxyl groups excluding tert-OH is 2. The van der Waals surface area contributed by atoms with Crippen molar-refractivity contribution >= 4 is 34.5 Å². The highest BCUT2D eigenvalue weighted by atomic mass is 35.5. The highest BCUT2D eigenvalue weighted by molar-refractivity contribution is 6.32. The van der Waals surface area contributed by atoms with Crippen LogP contribution in [0.15, 0.2) is 95.9 Å². The van der Waals surface area contributed by atoms with Gasteiger partial charge in [-0.2, -0.15) is 5.26 Å². The Bertz CT molecular complexity index is 2550. The molecule has 0 radical (unpaired) electrons. The molecule has 0 unspecified atom stereocenters. The molecule has 6 N–H and O–H groups in total. The van der Waals surface area contributed by atoms with Crippen LogP contribution in [-0.2, 0) is 35.8 Å².